The van der Waals surface area contributed by atoms with Gasteiger partial charge in [-0.25, -0.2) is 15.0 Å². The highest BCUT2D eigenvalue weighted by Crippen LogP contribution is 2.45. The van der Waals surface area contributed by atoms with Gasteiger partial charge in [-0.1, -0.05) is 231 Å². The van der Waals surface area contributed by atoms with E-state index in [1.807, 2.05) is 121 Å². The number of hydrogen-bond donors (Lipinski definition) is 0. The molecule has 17 rings (SSSR count). The lowest BCUT2D eigenvalue weighted by Crippen LogP contribution is -2.06. The van der Waals surface area contributed by atoms with Crippen LogP contribution in [0.4, 0.5) is 0 Å². The van der Waals surface area contributed by atoms with Gasteiger partial charge in [-0.05, 0) is 175 Å². The van der Waals surface area contributed by atoms with E-state index in [1.54, 1.807) is 0 Å². The molecule has 0 amide bonds. The molecule has 3 heterocycles. The predicted octanol–water partition coefficient (Wildman–Crippen LogP) is 22.4. The summed E-state index contributed by atoms with van der Waals surface area (Å²) in [5.74, 6) is 1.12. The third-order valence-electron chi connectivity index (χ3n) is 18.7. The quantitative estimate of drug-likeness (QED) is 0.120. The summed E-state index contributed by atoms with van der Waals surface area (Å²) in [6.07, 6.45) is 0. The molecule has 14 aromatic carbocycles. The number of aromatic nitrogens is 5. The van der Waals surface area contributed by atoms with Crippen LogP contribution in [-0.4, -0.2) is 24.1 Å². The van der Waals surface area contributed by atoms with Crippen LogP contribution in [0.2, 0.25) is 0 Å². The Balaban J connectivity index is 0.990. The van der Waals surface area contributed by atoms with E-state index < -0.39 is 0 Å². The SMILES string of the molecule is N#Cc1cccc(-c2ccccc2-c2nc(-c3cc(-c4ccccc4C#N)ccc3-n3c4ccc(-c5ccccc5)cc4c4cc(-c5ccccc5)ccc43)nc(-c3cc(-c4ccccc4C#N)ccc3-n3c4ccc(-c5ccccc5)cc4c4cc(-c5ccccc5)ccc43)n2)c1. The van der Waals surface area contributed by atoms with Crippen molar-refractivity contribution >= 4 is 43.6 Å². The van der Waals surface area contributed by atoms with Crippen molar-refractivity contribution in [1.82, 2.24) is 24.1 Å². The molecule has 3 aromatic heterocycles. The van der Waals surface area contributed by atoms with Gasteiger partial charge >= 0.3 is 0 Å². The molecule has 0 saturated carbocycles. The van der Waals surface area contributed by atoms with E-state index in [1.165, 1.54) is 0 Å². The van der Waals surface area contributed by atoms with Gasteiger partial charge in [-0.15, -0.1) is 0 Å². The van der Waals surface area contributed by atoms with Crippen LogP contribution in [-0.2, 0) is 0 Å². The monoisotopic (exact) mass is 1250 g/mol. The first kappa shape index (κ1) is 58.0. The lowest BCUT2D eigenvalue weighted by atomic mass is 9.96. The maximum Gasteiger partial charge on any atom is 0.166 e. The largest absolute Gasteiger partial charge is 0.308 e. The zero-order valence-corrected chi connectivity index (χ0v) is 52.8. The van der Waals surface area contributed by atoms with Crippen LogP contribution < -0.4 is 0 Å². The Morgan fingerprint density at radius 1 is 0.214 bits per heavy atom. The second kappa shape index (κ2) is 24.6. The Morgan fingerprint density at radius 3 is 0.888 bits per heavy atom. The lowest BCUT2D eigenvalue weighted by Gasteiger charge is -2.19. The van der Waals surface area contributed by atoms with Gasteiger partial charge in [0.05, 0.1) is 68.3 Å². The van der Waals surface area contributed by atoms with Crippen LogP contribution in [0.5, 0.6) is 0 Å². The lowest BCUT2D eigenvalue weighted by molar-refractivity contribution is 1.06. The molecule has 98 heavy (non-hydrogen) atoms. The highest BCUT2D eigenvalue weighted by atomic mass is 15.1. The number of fused-ring (bicyclic) bond motifs is 6. The zero-order valence-electron chi connectivity index (χ0n) is 52.8. The molecule has 0 saturated heterocycles. The van der Waals surface area contributed by atoms with E-state index >= 15 is 0 Å². The van der Waals surface area contributed by atoms with Crippen LogP contribution in [0, 0.1) is 34.0 Å². The third kappa shape index (κ3) is 10.3. The van der Waals surface area contributed by atoms with Crippen molar-refractivity contribution in [2.75, 3.05) is 0 Å². The molecule has 0 N–H and O–H groups in total. The first-order valence-corrected chi connectivity index (χ1v) is 32.5. The van der Waals surface area contributed by atoms with E-state index in [4.69, 9.17) is 15.0 Å². The molecule has 17 aromatic rings. The molecule has 0 aliphatic carbocycles. The first-order valence-electron chi connectivity index (χ1n) is 32.5. The summed E-state index contributed by atoms with van der Waals surface area (Å²) < 4.78 is 4.65. The molecule has 0 atom stereocenters. The standard InChI is InChI=1S/C90H54N8/c91-55-58-20-19-31-67(48-58)74-34-17-18-35-75(74)88-94-89(80-53-68(72-32-15-13-29-70(72)56-92)40-46-86(80)97-82-42-36-63(59-21-5-1-6-22-59)49-76(82)77-50-64(37-43-83(77)97)60-23-7-2-8-24-60)96-90(95-88)81-54-69(73-33-16-14-30-71(73)57-93)41-47-87(81)98-84-44-38-65(61-25-9-3-10-26-61)51-78(84)79-52-66(39-45-85(79)98)62-27-11-4-12-28-62/h1-54H. The van der Waals surface area contributed by atoms with Crippen molar-refractivity contribution in [3.8, 4) is 142 Å². The van der Waals surface area contributed by atoms with E-state index in [-0.39, 0.29) is 0 Å². The van der Waals surface area contributed by atoms with Crippen LogP contribution in [0.15, 0.2) is 328 Å². The Morgan fingerprint density at radius 2 is 0.520 bits per heavy atom. The third-order valence-corrected chi connectivity index (χ3v) is 18.7. The van der Waals surface area contributed by atoms with Gasteiger partial charge in [-0.2, -0.15) is 15.8 Å². The fourth-order valence-electron chi connectivity index (χ4n) is 14.0. The van der Waals surface area contributed by atoms with Gasteiger partial charge in [0, 0.05) is 38.2 Å². The van der Waals surface area contributed by atoms with E-state index in [0.29, 0.717) is 50.9 Å². The second-order valence-electron chi connectivity index (χ2n) is 24.4. The maximum atomic E-state index is 10.8. The van der Waals surface area contributed by atoms with Crippen molar-refractivity contribution in [3.63, 3.8) is 0 Å². The molecule has 0 unspecified atom stereocenters. The average Bonchev–Trinajstić information content (AvgIpc) is 1.59. The topological polar surface area (TPSA) is 120 Å². The molecule has 0 aliphatic heterocycles. The summed E-state index contributed by atoms with van der Waals surface area (Å²) in [5, 5.41) is 36.1. The summed E-state index contributed by atoms with van der Waals surface area (Å²) in [7, 11) is 0. The summed E-state index contributed by atoms with van der Waals surface area (Å²) in [5.41, 5.74) is 22.6. The molecule has 0 radical (unpaired) electrons. The number of hydrogen-bond acceptors (Lipinski definition) is 6. The van der Waals surface area contributed by atoms with Crippen LogP contribution in [0.1, 0.15) is 16.7 Å². The molecule has 0 fully saturated rings. The Kier molecular flexibility index (Phi) is 14.5. The number of rotatable bonds is 12. The molecule has 0 spiro atoms. The Labute approximate surface area is 566 Å². The summed E-state index contributed by atoms with van der Waals surface area (Å²) >= 11 is 0. The first-order chi connectivity index (χ1) is 48.4. The molecule has 0 bridgehead atoms. The van der Waals surface area contributed by atoms with E-state index in [2.05, 4.69) is 234 Å². The average molecular weight is 1250 g/mol. The van der Waals surface area contributed by atoms with Crippen LogP contribution in [0.3, 0.4) is 0 Å². The molecular formula is C90H54N8. The van der Waals surface area contributed by atoms with Gasteiger partial charge in [-0.3, -0.25) is 0 Å². The van der Waals surface area contributed by atoms with Crippen molar-refractivity contribution < 1.29 is 0 Å². The fraction of sp³-hybridized carbons (Fsp3) is 0. The highest BCUT2D eigenvalue weighted by molar-refractivity contribution is 6.14. The minimum atomic E-state index is 0.365. The minimum absolute atomic E-state index is 0.365. The fourth-order valence-corrected chi connectivity index (χ4v) is 14.0. The van der Waals surface area contributed by atoms with Crippen molar-refractivity contribution in [1.29, 1.82) is 15.8 Å². The maximum absolute atomic E-state index is 10.8. The summed E-state index contributed by atoms with van der Waals surface area (Å²) in [6, 6.07) is 120. The van der Waals surface area contributed by atoms with Crippen LogP contribution in [0.25, 0.3) is 167 Å². The van der Waals surface area contributed by atoms with Gasteiger partial charge < -0.3 is 9.13 Å². The molecule has 8 nitrogen and oxygen atoms in total. The second-order valence-corrected chi connectivity index (χ2v) is 24.4. The smallest absolute Gasteiger partial charge is 0.166 e. The molecule has 454 valence electrons. The predicted molar refractivity (Wildman–Crippen MR) is 397 cm³/mol. The van der Waals surface area contributed by atoms with E-state index in [0.717, 1.165) is 133 Å². The molecule has 8 heteroatoms. The Hall–Kier alpha value is -13.8. The van der Waals surface area contributed by atoms with Gasteiger partial charge in [0.25, 0.3) is 0 Å². The Bertz CT molecular complexity index is 5630. The van der Waals surface area contributed by atoms with Crippen molar-refractivity contribution in [2.24, 2.45) is 0 Å². The number of nitriles is 3. The molecule has 0 aliphatic rings. The zero-order chi connectivity index (χ0) is 65.6. The van der Waals surface area contributed by atoms with Gasteiger partial charge in [0.1, 0.15) is 0 Å². The number of benzene rings is 14. The van der Waals surface area contributed by atoms with Gasteiger partial charge in [0.15, 0.2) is 17.5 Å². The van der Waals surface area contributed by atoms with Crippen molar-refractivity contribution in [2.45, 2.75) is 0 Å². The number of nitrogens with zero attached hydrogens (tertiary/aromatic N) is 8. The summed E-state index contributed by atoms with van der Waals surface area (Å²) in [4.78, 5) is 17.2. The highest BCUT2D eigenvalue weighted by Gasteiger charge is 2.26. The van der Waals surface area contributed by atoms with Crippen molar-refractivity contribution in [3.05, 3.63) is 344 Å². The van der Waals surface area contributed by atoms with Gasteiger partial charge in [0.2, 0.25) is 0 Å². The van der Waals surface area contributed by atoms with E-state index in [9.17, 15) is 15.8 Å². The van der Waals surface area contributed by atoms with Crippen LogP contribution >= 0.6 is 0 Å². The normalized spacial score (nSPS) is 11.2. The summed E-state index contributed by atoms with van der Waals surface area (Å²) in [6.45, 7) is 0. The minimum Gasteiger partial charge on any atom is -0.308 e. The molecular weight excluding hydrogens is 1190 g/mol.